The van der Waals surface area contributed by atoms with Crippen molar-refractivity contribution < 1.29 is 9.90 Å². The number of nitrogens with one attached hydrogen (secondary N) is 1. The number of aromatic nitrogens is 1. The molecule has 1 heterocycles. The molecule has 0 unspecified atom stereocenters. The van der Waals surface area contributed by atoms with E-state index < -0.39 is 0 Å². The molecule has 4 nitrogen and oxygen atoms in total. The van der Waals surface area contributed by atoms with Gasteiger partial charge in [-0.2, -0.15) is 0 Å². The maximum atomic E-state index is 12.0. The monoisotopic (exact) mass is 300 g/mol. The maximum Gasteiger partial charge on any atom is 0.274 e. The number of carbonyl (C=O) groups is 1. The minimum atomic E-state index is -0.313. The normalized spacial score (nSPS) is 9.62. The second-order valence-corrected chi connectivity index (χ2v) is 4.61. The van der Waals surface area contributed by atoms with Gasteiger partial charge in [-0.15, -0.1) is 0 Å². The van der Waals surface area contributed by atoms with Crippen molar-refractivity contribution in [2.75, 3.05) is 11.9 Å². The lowest BCUT2D eigenvalue weighted by Gasteiger charge is -2.04. The number of benzene rings is 1. The number of nitrogens with zero attached hydrogens (tertiary/aromatic N) is 1. The van der Waals surface area contributed by atoms with Crippen LogP contribution in [-0.2, 0) is 0 Å². The van der Waals surface area contributed by atoms with Crippen LogP contribution in [0.15, 0.2) is 42.6 Å². The van der Waals surface area contributed by atoms with Gasteiger partial charge in [0.2, 0.25) is 0 Å². The predicted molar refractivity (Wildman–Crippen MR) is 82.2 cm³/mol. The minimum absolute atomic E-state index is 0.0283. The van der Waals surface area contributed by atoms with Crippen LogP contribution in [-0.4, -0.2) is 22.6 Å². The number of halogens is 1. The Morgan fingerprint density at radius 3 is 2.86 bits per heavy atom. The summed E-state index contributed by atoms with van der Waals surface area (Å²) in [6.07, 6.45) is 1.94. The molecule has 0 aliphatic rings. The van der Waals surface area contributed by atoms with Gasteiger partial charge in [-0.3, -0.25) is 4.79 Å². The van der Waals surface area contributed by atoms with E-state index in [1.165, 1.54) is 6.20 Å². The molecule has 0 saturated carbocycles. The number of amides is 1. The molecule has 106 valence electrons. The summed E-state index contributed by atoms with van der Waals surface area (Å²) in [6, 6.07) is 10.2. The van der Waals surface area contributed by atoms with Gasteiger partial charge in [0.25, 0.3) is 5.91 Å². The van der Waals surface area contributed by atoms with Crippen LogP contribution in [0.2, 0.25) is 5.02 Å². The molecule has 5 heteroatoms. The Balaban J connectivity index is 2.05. The first-order valence-corrected chi connectivity index (χ1v) is 6.69. The van der Waals surface area contributed by atoms with Crippen molar-refractivity contribution in [1.82, 2.24) is 4.98 Å². The fraction of sp³-hybridized carbons (Fsp3) is 0.125. The fourth-order valence-corrected chi connectivity index (χ4v) is 1.77. The average Bonchev–Trinajstić information content (AvgIpc) is 2.48. The van der Waals surface area contributed by atoms with E-state index in [1.807, 2.05) is 0 Å². The van der Waals surface area contributed by atoms with Gasteiger partial charge in [-0.25, -0.2) is 4.98 Å². The highest BCUT2D eigenvalue weighted by Crippen LogP contribution is 2.15. The average molecular weight is 301 g/mol. The van der Waals surface area contributed by atoms with Crippen molar-refractivity contribution in [3.8, 4) is 11.8 Å². The first-order chi connectivity index (χ1) is 10.2. The van der Waals surface area contributed by atoms with E-state index in [1.54, 1.807) is 36.4 Å². The van der Waals surface area contributed by atoms with Crippen LogP contribution < -0.4 is 5.32 Å². The van der Waals surface area contributed by atoms with E-state index in [2.05, 4.69) is 22.1 Å². The number of carbonyl (C=O) groups excluding carboxylic acids is 1. The minimum Gasteiger partial charge on any atom is -0.395 e. The molecular weight excluding hydrogens is 288 g/mol. The molecule has 0 atom stereocenters. The van der Waals surface area contributed by atoms with Gasteiger partial charge in [0.1, 0.15) is 5.69 Å². The highest BCUT2D eigenvalue weighted by atomic mass is 35.5. The number of hydrogen-bond acceptors (Lipinski definition) is 3. The van der Waals surface area contributed by atoms with Crippen molar-refractivity contribution in [2.24, 2.45) is 0 Å². The number of hydrogen-bond donors (Lipinski definition) is 2. The third kappa shape index (κ3) is 4.60. The smallest absolute Gasteiger partial charge is 0.274 e. The van der Waals surface area contributed by atoms with Gasteiger partial charge < -0.3 is 10.4 Å². The molecule has 0 spiro atoms. The van der Waals surface area contributed by atoms with Crippen molar-refractivity contribution >= 4 is 23.2 Å². The lowest BCUT2D eigenvalue weighted by Crippen LogP contribution is -2.13. The van der Waals surface area contributed by atoms with E-state index in [-0.39, 0.29) is 12.5 Å². The van der Waals surface area contributed by atoms with Crippen molar-refractivity contribution in [2.45, 2.75) is 6.42 Å². The molecule has 0 saturated heterocycles. The van der Waals surface area contributed by atoms with Gasteiger partial charge in [0.15, 0.2) is 0 Å². The zero-order chi connectivity index (χ0) is 15.1. The zero-order valence-corrected chi connectivity index (χ0v) is 11.9. The fourth-order valence-electron chi connectivity index (χ4n) is 1.58. The Kier molecular flexibility index (Phi) is 5.33. The number of aliphatic hydroxyl groups is 1. The molecule has 0 aliphatic heterocycles. The maximum absolute atomic E-state index is 12.0. The highest BCUT2D eigenvalue weighted by Gasteiger charge is 2.07. The zero-order valence-electron chi connectivity index (χ0n) is 11.1. The summed E-state index contributed by atoms with van der Waals surface area (Å²) in [6.45, 7) is 0.0283. The van der Waals surface area contributed by atoms with Crippen LogP contribution in [0.3, 0.4) is 0 Å². The van der Waals surface area contributed by atoms with Gasteiger partial charge in [-0.1, -0.05) is 29.5 Å². The van der Waals surface area contributed by atoms with Crippen LogP contribution in [0.1, 0.15) is 22.5 Å². The number of pyridine rings is 1. The third-order valence-corrected chi connectivity index (χ3v) is 2.78. The third-order valence-electron chi connectivity index (χ3n) is 2.55. The SMILES string of the molecule is O=C(Nc1cccc(Cl)c1)c1ccc(C#CCCO)cn1. The molecule has 0 fully saturated rings. The summed E-state index contributed by atoms with van der Waals surface area (Å²) in [5, 5.41) is 11.9. The molecule has 0 aliphatic carbocycles. The van der Waals surface area contributed by atoms with Gasteiger partial charge in [0, 0.05) is 28.9 Å². The van der Waals surface area contributed by atoms with Crippen LogP contribution in [0, 0.1) is 11.8 Å². The Labute approximate surface area is 127 Å². The van der Waals surface area contributed by atoms with Crippen molar-refractivity contribution in [3.05, 3.63) is 58.9 Å². The van der Waals surface area contributed by atoms with Crippen LogP contribution >= 0.6 is 11.6 Å². The topological polar surface area (TPSA) is 62.2 Å². The second-order valence-electron chi connectivity index (χ2n) is 4.17. The van der Waals surface area contributed by atoms with Crippen LogP contribution in [0.4, 0.5) is 5.69 Å². The first-order valence-electron chi connectivity index (χ1n) is 6.32. The first kappa shape index (κ1) is 15.0. The van der Waals surface area contributed by atoms with Gasteiger partial charge in [-0.05, 0) is 30.3 Å². The molecule has 1 amide bonds. The summed E-state index contributed by atoms with van der Waals surface area (Å²) in [7, 11) is 0. The largest absolute Gasteiger partial charge is 0.395 e. The summed E-state index contributed by atoms with van der Waals surface area (Å²) < 4.78 is 0. The van der Waals surface area contributed by atoms with Crippen LogP contribution in [0.25, 0.3) is 0 Å². The quantitative estimate of drug-likeness (QED) is 0.857. The molecule has 0 radical (unpaired) electrons. The van der Waals surface area contributed by atoms with Crippen LogP contribution in [0.5, 0.6) is 0 Å². The molecule has 1 aromatic carbocycles. The molecule has 1 aromatic heterocycles. The highest BCUT2D eigenvalue weighted by molar-refractivity contribution is 6.30. The Morgan fingerprint density at radius 1 is 1.33 bits per heavy atom. The second kappa shape index (κ2) is 7.44. The molecule has 0 bridgehead atoms. The lowest BCUT2D eigenvalue weighted by atomic mass is 10.2. The summed E-state index contributed by atoms with van der Waals surface area (Å²) in [5.41, 5.74) is 1.60. The molecule has 2 N–H and O–H groups in total. The number of aliphatic hydroxyl groups excluding tert-OH is 1. The molecular formula is C16H13ClN2O2. The van der Waals surface area contributed by atoms with E-state index in [0.29, 0.717) is 28.4 Å². The number of rotatable bonds is 3. The molecule has 21 heavy (non-hydrogen) atoms. The summed E-state index contributed by atoms with van der Waals surface area (Å²) in [5.74, 6) is 5.33. The lowest BCUT2D eigenvalue weighted by molar-refractivity contribution is 0.102. The Morgan fingerprint density at radius 2 is 2.19 bits per heavy atom. The standard InChI is InChI=1S/C16H13ClN2O2/c17-13-5-3-6-14(10-13)19-16(21)15-8-7-12(11-18-15)4-1-2-9-20/h3,5-8,10-11,20H,2,9H2,(H,19,21). The van der Waals surface area contributed by atoms with Crippen molar-refractivity contribution in [1.29, 1.82) is 0 Å². The molecule has 2 aromatic rings. The Hall–Kier alpha value is -2.35. The van der Waals surface area contributed by atoms with E-state index in [0.717, 1.165) is 0 Å². The van der Waals surface area contributed by atoms with Crippen molar-refractivity contribution in [3.63, 3.8) is 0 Å². The van der Waals surface area contributed by atoms with Gasteiger partial charge >= 0.3 is 0 Å². The predicted octanol–water partition coefficient (Wildman–Crippen LogP) is 2.72. The number of anilines is 1. The Bertz CT molecular complexity index is 687. The van der Waals surface area contributed by atoms with E-state index in [4.69, 9.17) is 16.7 Å². The molecule has 2 rings (SSSR count). The summed E-state index contributed by atoms with van der Waals surface area (Å²) >= 11 is 5.86. The van der Waals surface area contributed by atoms with E-state index in [9.17, 15) is 4.79 Å². The summed E-state index contributed by atoms with van der Waals surface area (Å²) in [4.78, 5) is 16.1. The van der Waals surface area contributed by atoms with Gasteiger partial charge in [0.05, 0.1) is 6.61 Å². The van der Waals surface area contributed by atoms with E-state index >= 15 is 0 Å².